The Morgan fingerprint density at radius 3 is 2.31 bits per heavy atom. The highest BCUT2D eigenvalue weighted by Gasteiger charge is 2.22. The zero-order valence-electron chi connectivity index (χ0n) is 10.5. The molecule has 1 atom stereocenters. The first-order valence-electron chi connectivity index (χ1n) is 6.57. The Morgan fingerprint density at radius 1 is 1.19 bits per heavy atom. The van der Waals surface area contributed by atoms with Crippen LogP contribution >= 0.6 is 0 Å². The van der Waals surface area contributed by atoms with Gasteiger partial charge in [0.05, 0.1) is 6.10 Å². The first-order valence-corrected chi connectivity index (χ1v) is 6.57. The minimum absolute atomic E-state index is 0.0540. The van der Waals surface area contributed by atoms with Crippen LogP contribution in [0.1, 0.15) is 46.0 Å². The Hall–Kier alpha value is -0.600. The van der Waals surface area contributed by atoms with Gasteiger partial charge in [0.15, 0.2) is 0 Å². The summed E-state index contributed by atoms with van der Waals surface area (Å²) in [5, 5.41) is 9.41. The van der Waals surface area contributed by atoms with Crippen LogP contribution in [0.3, 0.4) is 0 Å². The first kappa shape index (κ1) is 13.5. The second-order valence-electron chi connectivity index (χ2n) is 4.47. The van der Waals surface area contributed by atoms with Crippen LogP contribution in [0, 0.1) is 5.92 Å². The molecule has 1 saturated carbocycles. The number of rotatable bonds is 1. The van der Waals surface area contributed by atoms with E-state index < -0.39 is 0 Å². The van der Waals surface area contributed by atoms with Gasteiger partial charge in [-0.15, -0.1) is 0 Å². The maximum absolute atomic E-state index is 9.41. The number of aliphatic hydroxyl groups excluding tert-OH is 1. The lowest BCUT2D eigenvalue weighted by Gasteiger charge is -2.27. The highest BCUT2D eigenvalue weighted by Crippen LogP contribution is 2.32. The van der Waals surface area contributed by atoms with Gasteiger partial charge in [-0.3, -0.25) is 0 Å². The van der Waals surface area contributed by atoms with Crippen LogP contribution < -0.4 is 5.73 Å². The van der Waals surface area contributed by atoms with Crippen molar-refractivity contribution in [3.63, 3.8) is 0 Å². The maximum Gasteiger partial charge on any atom is 0.0540 e. The summed E-state index contributed by atoms with van der Waals surface area (Å²) in [7, 11) is 0. The van der Waals surface area contributed by atoms with Gasteiger partial charge in [-0.2, -0.15) is 0 Å². The molecule has 92 valence electrons. The predicted octanol–water partition coefficient (Wildman–Crippen LogP) is 2.78. The number of allylic oxidation sites excluding steroid dienone is 2. The van der Waals surface area contributed by atoms with Crippen molar-refractivity contribution in [3.8, 4) is 0 Å². The molecule has 0 aromatic rings. The van der Waals surface area contributed by atoms with Crippen molar-refractivity contribution in [2.45, 2.75) is 58.1 Å². The molecule has 3 N–H and O–H groups in total. The third kappa shape index (κ3) is 3.76. The predicted molar refractivity (Wildman–Crippen MR) is 69.1 cm³/mol. The molecule has 2 aliphatic rings. The maximum atomic E-state index is 9.41. The third-order valence-electron chi connectivity index (χ3n) is 3.33. The molecule has 0 amide bonds. The van der Waals surface area contributed by atoms with Gasteiger partial charge in [0.2, 0.25) is 0 Å². The fraction of sp³-hybridized carbons (Fsp3) is 0.714. The van der Waals surface area contributed by atoms with Crippen molar-refractivity contribution in [1.82, 2.24) is 0 Å². The van der Waals surface area contributed by atoms with E-state index in [1.807, 2.05) is 13.8 Å². The fourth-order valence-corrected chi connectivity index (χ4v) is 2.37. The molecule has 0 heterocycles. The summed E-state index contributed by atoms with van der Waals surface area (Å²) in [6.07, 6.45) is 11.7. The lowest BCUT2D eigenvalue weighted by atomic mass is 9.80. The van der Waals surface area contributed by atoms with Gasteiger partial charge in [-0.25, -0.2) is 0 Å². The monoisotopic (exact) mass is 223 g/mol. The van der Waals surface area contributed by atoms with Crippen LogP contribution in [0.15, 0.2) is 23.8 Å². The zero-order valence-corrected chi connectivity index (χ0v) is 10.5. The zero-order chi connectivity index (χ0) is 12.0. The molecule has 16 heavy (non-hydrogen) atoms. The van der Waals surface area contributed by atoms with E-state index in [0.717, 1.165) is 32.1 Å². The molecule has 0 bridgehead atoms. The van der Waals surface area contributed by atoms with Crippen molar-refractivity contribution in [1.29, 1.82) is 0 Å². The standard InChI is InChI=1S/C12H19NO.C2H6/c13-11-5-1-9(2-6-11)10-3-7-12(14)8-4-10;1-2/h1-2,5,10-12,14H,3-4,6-8,13H2;1-2H3. The van der Waals surface area contributed by atoms with Gasteiger partial charge in [0.1, 0.15) is 0 Å². The average Bonchev–Trinajstić information content (AvgIpc) is 2.34. The second-order valence-corrected chi connectivity index (χ2v) is 4.47. The Bertz CT molecular complexity index is 249. The number of hydrogen-bond donors (Lipinski definition) is 2. The SMILES string of the molecule is CC.NC1C=CC(C2CCC(O)CC2)=CC1. The fourth-order valence-electron chi connectivity index (χ4n) is 2.37. The summed E-state index contributed by atoms with van der Waals surface area (Å²) in [5.41, 5.74) is 7.22. The summed E-state index contributed by atoms with van der Waals surface area (Å²) in [6.45, 7) is 4.00. The van der Waals surface area contributed by atoms with Gasteiger partial charge in [0, 0.05) is 6.04 Å². The highest BCUT2D eigenvalue weighted by molar-refractivity contribution is 5.27. The van der Waals surface area contributed by atoms with E-state index in [1.54, 1.807) is 0 Å². The Kier molecular flexibility index (Phi) is 5.78. The molecule has 1 fully saturated rings. The molecule has 0 spiro atoms. The van der Waals surface area contributed by atoms with Crippen molar-refractivity contribution in [2.24, 2.45) is 11.7 Å². The molecule has 0 radical (unpaired) electrons. The number of hydrogen-bond acceptors (Lipinski definition) is 2. The molecule has 0 aliphatic heterocycles. The lowest BCUT2D eigenvalue weighted by molar-refractivity contribution is 0.116. The van der Waals surface area contributed by atoms with Gasteiger partial charge < -0.3 is 10.8 Å². The van der Waals surface area contributed by atoms with E-state index in [0.29, 0.717) is 5.92 Å². The van der Waals surface area contributed by atoms with Crippen molar-refractivity contribution in [2.75, 3.05) is 0 Å². The summed E-state index contributed by atoms with van der Waals surface area (Å²) in [6, 6.07) is 0.216. The molecule has 2 nitrogen and oxygen atoms in total. The van der Waals surface area contributed by atoms with Crippen LogP contribution in [-0.2, 0) is 0 Å². The normalized spacial score (nSPS) is 33.8. The van der Waals surface area contributed by atoms with Gasteiger partial charge in [0.25, 0.3) is 0 Å². The van der Waals surface area contributed by atoms with Crippen molar-refractivity contribution >= 4 is 0 Å². The first-order chi connectivity index (χ1) is 7.75. The quantitative estimate of drug-likeness (QED) is 0.718. The molecule has 2 heteroatoms. The summed E-state index contributed by atoms with van der Waals surface area (Å²) < 4.78 is 0. The van der Waals surface area contributed by atoms with Crippen molar-refractivity contribution in [3.05, 3.63) is 23.8 Å². The van der Waals surface area contributed by atoms with Crippen molar-refractivity contribution < 1.29 is 5.11 Å². The number of nitrogens with two attached hydrogens (primary N) is 1. The molecule has 0 aromatic carbocycles. The van der Waals surface area contributed by atoms with E-state index in [-0.39, 0.29) is 12.1 Å². The molecule has 0 saturated heterocycles. The molecule has 1 unspecified atom stereocenters. The van der Waals surface area contributed by atoms with E-state index in [2.05, 4.69) is 18.2 Å². The Balaban J connectivity index is 0.000000606. The van der Waals surface area contributed by atoms with Gasteiger partial charge >= 0.3 is 0 Å². The topological polar surface area (TPSA) is 46.2 Å². The van der Waals surface area contributed by atoms with E-state index in [9.17, 15) is 5.11 Å². The lowest BCUT2D eigenvalue weighted by Crippen LogP contribution is -2.22. The molecular formula is C14H25NO. The molecule has 2 rings (SSSR count). The molecule has 0 aromatic heterocycles. The highest BCUT2D eigenvalue weighted by atomic mass is 16.3. The molecular weight excluding hydrogens is 198 g/mol. The Morgan fingerprint density at radius 2 is 1.81 bits per heavy atom. The number of aliphatic hydroxyl groups is 1. The summed E-state index contributed by atoms with van der Waals surface area (Å²) in [5.74, 6) is 0.669. The summed E-state index contributed by atoms with van der Waals surface area (Å²) in [4.78, 5) is 0. The van der Waals surface area contributed by atoms with Crippen LogP contribution in [-0.4, -0.2) is 17.3 Å². The van der Waals surface area contributed by atoms with E-state index >= 15 is 0 Å². The molecule has 2 aliphatic carbocycles. The minimum atomic E-state index is -0.0540. The second kappa shape index (κ2) is 6.87. The smallest absolute Gasteiger partial charge is 0.0540 e. The minimum Gasteiger partial charge on any atom is -0.393 e. The van der Waals surface area contributed by atoms with Gasteiger partial charge in [-0.05, 0) is 43.6 Å². The Labute approximate surface area is 99.2 Å². The average molecular weight is 223 g/mol. The summed E-state index contributed by atoms with van der Waals surface area (Å²) >= 11 is 0. The van der Waals surface area contributed by atoms with Crippen LogP contribution in [0.2, 0.25) is 0 Å². The van der Waals surface area contributed by atoms with Crippen LogP contribution in [0.5, 0.6) is 0 Å². The van der Waals surface area contributed by atoms with Crippen LogP contribution in [0.25, 0.3) is 0 Å². The van der Waals surface area contributed by atoms with E-state index in [1.165, 1.54) is 5.57 Å². The largest absolute Gasteiger partial charge is 0.393 e. The van der Waals surface area contributed by atoms with E-state index in [4.69, 9.17) is 5.73 Å². The third-order valence-corrected chi connectivity index (χ3v) is 3.33. The van der Waals surface area contributed by atoms with Gasteiger partial charge in [-0.1, -0.05) is 32.1 Å². The van der Waals surface area contributed by atoms with Crippen LogP contribution in [0.4, 0.5) is 0 Å².